The summed E-state index contributed by atoms with van der Waals surface area (Å²) in [6.07, 6.45) is 11.3. The van der Waals surface area contributed by atoms with Crippen molar-refractivity contribution in [2.75, 3.05) is 52.4 Å². The van der Waals surface area contributed by atoms with Crippen molar-refractivity contribution in [1.29, 1.82) is 0 Å². The fourth-order valence-electron chi connectivity index (χ4n) is 4.85. The van der Waals surface area contributed by atoms with E-state index in [9.17, 15) is 4.79 Å². The first-order chi connectivity index (χ1) is 12.2. The third kappa shape index (κ3) is 8.45. The second-order valence-electron chi connectivity index (χ2n) is 8.52. The minimum Gasteiger partial charge on any atom is -0.340 e. The molecule has 0 unspecified atom stereocenters. The van der Waals surface area contributed by atoms with E-state index in [1.807, 2.05) is 0 Å². The van der Waals surface area contributed by atoms with E-state index in [0.717, 1.165) is 51.6 Å². The number of likely N-dealkylation sites (tertiary alicyclic amines) is 1. The van der Waals surface area contributed by atoms with Crippen LogP contribution in [-0.2, 0) is 4.79 Å². The minimum atomic E-state index is 0. The molecular formula is C20H40Cl2N4O. The molecule has 3 rings (SSSR count). The molecule has 1 aliphatic carbocycles. The highest BCUT2D eigenvalue weighted by Gasteiger charge is 2.25. The number of carbonyl (C=O) groups excluding carboxylic acids is 1. The van der Waals surface area contributed by atoms with Crippen LogP contribution in [-0.4, -0.2) is 79.0 Å². The number of nitrogens with two attached hydrogens (primary N) is 1. The van der Waals surface area contributed by atoms with Gasteiger partial charge in [0, 0.05) is 32.2 Å². The van der Waals surface area contributed by atoms with Crippen molar-refractivity contribution in [2.24, 2.45) is 11.7 Å². The average molecular weight is 423 g/mol. The Morgan fingerprint density at radius 2 is 1.48 bits per heavy atom. The van der Waals surface area contributed by atoms with Crippen LogP contribution in [0.3, 0.4) is 0 Å². The highest BCUT2D eigenvalue weighted by Crippen LogP contribution is 2.24. The summed E-state index contributed by atoms with van der Waals surface area (Å²) in [6.45, 7) is 8.05. The highest BCUT2D eigenvalue weighted by atomic mass is 35.5. The van der Waals surface area contributed by atoms with Crippen molar-refractivity contribution in [2.45, 2.75) is 63.8 Å². The molecule has 0 aromatic heterocycles. The Balaban J connectivity index is 0.00000182. The van der Waals surface area contributed by atoms with Gasteiger partial charge >= 0.3 is 0 Å². The van der Waals surface area contributed by atoms with Crippen LogP contribution < -0.4 is 5.73 Å². The molecule has 160 valence electrons. The maximum atomic E-state index is 12.7. The van der Waals surface area contributed by atoms with Crippen LogP contribution in [0.1, 0.15) is 57.8 Å². The molecular weight excluding hydrogens is 383 g/mol. The lowest BCUT2D eigenvalue weighted by molar-refractivity contribution is -0.132. The van der Waals surface area contributed by atoms with Gasteiger partial charge in [-0.3, -0.25) is 9.69 Å². The summed E-state index contributed by atoms with van der Waals surface area (Å²) in [7, 11) is 0. The summed E-state index contributed by atoms with van der Waals surface area (Å²) in [4.78, 5) is 19.8. The van der Waals surface area contributed by atoms with Gasteiger partial charge in [-0.1, -0.05) is 19.3 Å². The lowest BCUT2D eigenvalue weighted by Gasteiger charge is -2.31. The predicted molar refractivity (Wildman–Crippen MR) is 117 cm³/mol. The summed E-state index contributed by atoms with van der Waals surface area (Å²) in [5.41, 5.74) is 6.15. The largest absolute Gasteiger partial charge is 0.340 e. The molecule has 1 saturated carbocycles. The molecule has 5 nitrogen and oxygen atoms in total. The summed E-state index contributed by atoms with van der Waals surface area (Å²) >= 11 is 0. The standard InChI is InChI=1S/C20H38N4O.2ClH/c21-19-8-5-7-18(15-19)16-23-11-6-12-24(14-13-23)20(25)17-22-9-3-1-2-4-10-22;;/h18-19H,1-17,21H2;2*1H/t18-,19+;;/m1../s1. The summed E-state index contributed by atoms with van der Waals surface area (Å²) < 4.78 is 0. The molecule has 2 aliphatic heterocycles. The normalized spacial score (nSPS) is 28.4. The maximum absolute atomic E-state index is 12.7. The smallest absolute Gasteiger partial charge is 0.236 e. The van der Waals surface area contributed by atoms with E-state index in [4.69, 9.17) is 5.73 Å². The Kier molecular flexibility index (Phi) is 12.2. The Hall–Kier alpha value is -0.0700. The zero-order valence-corrected chi connectivity index (χ0v) is 18.5. The van der Waals surface area contributed by atoms with E-state index in [-0.39, 0.29) is 24.8 Å². The molecule has 0 aromatic carbocycles. The third-order valence-corrected chi connectivity index (χ3v) is 6.34. The summed E-state index contributed by atoms with van der Waals surface area (Å²) in [5, 5.41) is 0. The minimum absolute atomic E-state index is 0. The fraction of sp³-hybridized carbons (Fsp3) is 0.950. The van der Waals surface area contributed by atoms with E-state index in [1.165, 1.54) is 57.9 Å². The number of hydrogen-bond donors (Lipinski definition) is 1. The molecule has 0 bridgehead atoms. The average Bonchev–Trinajstić information content (AvgIpc) is 2.98. The van der Waals surface area contributed by atoms with E-state index in [1.54, 1.807) is 0 Å². The Labute approximate surface area is 178 Å². The number of carbonyl (C=O) groups is 1. The zero-order chi connectivity index (χ0) is 17.5. The van der Waals surface area contributed by atoms with Gasteiger partial charge < -0.3 is 15.5 Å². The van der Waals surface area contributed by atoms with Gasteiger partial charge in [0.1, 0.15) is 0 Å². The van der Waals surface area contributed by atoms with Crippen LogP contribution in [0, 0.1) is 5.92 Å². The molecule has 1 amide bonds. The van der Waals surface area contributed by atoms with E-state index in [0.29, 0.717) is 18.5 Å². The van der Waals surface area contributed by atoms with Gasteiger partial charge in [0.25, 0.3) is 0 Å². The van der Waals surface area contributed by atoms with Gasteiger partial charge in [0.15, 0.2) is 0 Å². The first kappa shape index (κ1) is 25.0. The Morgan fingerprint density at radius 3 is 2.19 bits per heavy atom. The molecule has 2 atom stereocenters. The van der Waals surface area contributed by atoms with Gasteiger partial charge in [0.2, 0.25) is 5.91 Å². The Morgan fingerprint density at radius 1 is 0.778 bits per heavy atom. The number of halogens is 2. The second kappa shape index (κ2) is 13.2. The van der Waals surface area contributed by atoms with Crippen LogP contribution >= 0.6 is 24.8 Å². The zero-order valence-electron chi connectivity index (χ0n) is 16.8. The maximum Gasteiger partial charge on any atom is 0.236 e. The van der Waals surface area contributed by atoms with Crippen molar-refractivity contribution in [3.05, 3.63) is 0 Å². The lowest BCUT2D eigenvalue weighted by Crippen LogP contribution is -2.43. The molecule has 0 aromatic rings. The fourth-order valence-corrected chi connectivity index (χ4v) is 4.85. The molecule has 7 heteroatoms. The molecule has 0 spiro atoms. The molecule has 0 radical (unpaired) electrons. The molecule has 2 N–H and O–H groups in total. The predicted octanol–water partition coefficient (Wildman–Crippen LogP) is 2.76. The van der Waals surface area contributed by atoms with Gasteiger partial charge in [-0.2, -0.15) is 0 Å². The van der Waals surface area contributed by atoms with Crippen LogP contribution in [0.5, 0.6) is 0 Å². The van der Waals surface area contributed by atoms with E-state index in [2.05, 4.69) is 14.7 Å². The van der Waals surface area contributed by atoms with Gasteiger partial charge in [0.05, 0.1) is 6.54 Å². The molecule has 3 fully saturated rings. The van der Waals surface area contributed by atoms with Crippen molar-refractivity contribution in [3.63, 3.8) is 0 Å². The van der Waals surface area contributed by atoms with Crippen LogP contribution in [0.25, 0.3) is 0 Å². The van der Waals surface area contributed by atoms with Gasteiger partial charge in [-0.05, 0) is 64.1 Å². The first-order valence-electron chi connectivity index (χ1n) is 10.7. The number of rotatable bonds is 4. The van der Waals surface area contributed by atoms with Crippen molar-refractivity contribution >= 4 is 30.7 Å². The first-order valence-corrected chi connectivity index (χ1v) is 10.7. The highest BCUT2D eigenvalue weighted by molar-refractivity contribution is 5.85. The topological polar surface area (TPSA) is 52.8 Å². The van der Waals surface area contributed by atoms with Crippen LogP contribution in [0.15, 0.2) is 0 Å². The third-order valence-electron chi connectivity index (χ3n) is 6.34. The van der Waals surface area contributed by atoms with Crippen LogP contribution in [0.2, 0.25) is 0 Å². The van der Waals surface area contributed by atoms with Crippen molar-refractivity contribution in [1.82, 2.24) is 14.7 Å². The molecule has 3 aliphatic rings. The molecule has 2 saturated heterocycles. The summed E-state index contributed by atoms with van der Waals surface area (Å²) in [6, 6.07) is 0.414. The van der Waals surface area contributed by atoms with Crippen molar-refractivity contribution in [3.8, 4) is 0 Å². The monoisotopic (exact) mass is 422 g/mol. The number of nitrogens with zero attached hydrogens (tertiary/aromatic N) is 3. The van der Waals surface area contributed by atoms with Gasteiger partial charge in [-0.25, -0.2) is 0 Å². The van der Waals surface area contributed by atoms with E-state index >= 15 is 0 Å². The number of amides is 1. The second-order valence-corrected chi connectivity index (χ2v) is 8.52. The molecule has 27 heavy (non-hydrogen) atoms. The SMILES string of the molecule is Cl.Cl.N[C@H]1CCC[C@@H](CN2CCCN(C(=O)CN3CCCCCC3)CC2)C1. The quantitative estimate of drug-likeness (QED) is 0.756. The van der Waals surface area contributed by atoms with Crippen LogP contribution in [0.4, 0.5) is 0 Å². The Bertz CT molecular complexity index is 419. The van der Waals surface area contributed by atoms with E-state index < -0.39 is 0 Å². The lowest BCUT2D eigenvalue weighted by atomic mass is 9.86. The van der Waals surface area contributed by atoms with Crippen molar-refractivity contribution < 1.29 is 4.79 Å². The summed E-state index contributed by atoms with van der Waals surface area (Å²) in [5.74, 6) is 1.12. The molecule has 2 heterocycles. The van der Waals surface area contributed by atoms with Gasteiger partial charge in [-0.15, -0.1) is 24.8 Å². The number of hydrogen-bond acceptors (Lipinski definition) is 4.